The van der Waals surface area contributed by atoms with Crippen LogP contribution in [-0.4, -0.2) is 27.9 Å². The fourth-order valence-electron chi connectivity index (χ4n) is 9.70. The Morgan fingerprint density at radius 1 is 0.569 bits per heavy atom. The second-order valence-corrected chi connectivity index (χ2v) is 19.4. The molecule has 8 aromatic rings. The molecule has 0 spiro atoms. The minimum absolute atomic E-state index is 0.0109. The van der Waals surface area contributed by atoms with Crippen molar-refractivity contribution < 1.29 is 4.74 Å². The van der Waals surface area contributed by atoms with E-state index in [1.54, 1.807) is 0 Å². The molecule has 0 unspecified atom stereocenters. The molecule has 2 aromatic heterocycles. The number of nitrogens with zero attached hydrogens (tertiary/aromatic N) is 5. The topological polar surface area (TPSA) is 36.8 Å². The number of hydrogen-bond donors (Lipinski definition) is 0. The molecule has 65 heavy (non-hydrogen) atoms. The highest BCUT2D eigenvalue weighted by molar-refractivity contribution is 6.82. The van der Waals surface area contributed by atoms with E-state index < -0.39 is 0 Å². The Morgan fingerprint density at radius 3 is 2.06 bits per heavy atom. The van der Waals surface area contributed by atoms with Crippen LogP contribution in [0.1, 0.15) is 63.8 Å². The molecule has 0 saturated carbocycles. The molecule has 5 heterocycles. The Hall–Kier alpha value is -7.51. The molecule has 0 radical (unpaired) electrons. The zero-order chi connectivity index (χ0) is 44.5. The third kappa shape index (κ3) is 7.21. The lowest BCUT2D eigenvalue weighted by Crippen LogP contribution is -2.40. The van der Waals surface area contributed by atoms with Gasteiger partial charge in [0.2, 0.25) is 0 Å². The van der Waals surface area contributed by atoms with Crippen LogP contribution in [-0.2, 0) is 10.8 Å². The normalized spacial score (nSPS) is 15.0. The molecule has 3 aliphatic rings. The smallest absolute Gasteiger partial charge is 0.322 e. The summed E-state index contributed by atoms with van der Waals surface area (Å²) < 4.78 is 9.08. The van der Waals surface area contributed by atoms with Crippen LogP contribution in [0.5, 0.6) is 11.5 Å². The molecule has 11 rings (SSSR count). The molecule has 0 bridgehead atoms. The maximum Gasteiger partial charge on any atom is 0.322 e. The molecule has 0 saturated heterocycles. The van der Waals surface area contributed by atoms with E-state index in [-0.39, 0.29) is 17.7 Å². The third-order valence-electron chi connectivity index (χ3n) is 13.1. The van der Waals surface area contributed by atoms with Crippen molar-refractivity contribution in [2.75, 3.05) is 16.5 Å². The van der Waals surface area contributed by atoms with E-state index in [2.05, 4.69) is 243 Å². The van der Waals surface area contributed by atoms with E-state index in [0.717, 1.165) is 50.8 Å². The lowest BCUT2D eigenvalue weighted by Gasteiger charge is -2.38. The van der Waals surface area contributed by atoms with Crippen molar-refractivity contribution in [2.45, 2.75) is 52.4 Å². The summed E-state index contributed by atoms with van der Waals surface area (Å²) >= 11 is 0. The van der Waals surface area contributed by atoms with Crippen LogP contribution >= 0.6 is 0 Å². The van der Waals surface area contributed by atoms with Crippen LogP contribution in [0.15, 0.2) is 200 Å². The molecule has 6 aromatic carbocycles. The minimum atomic E-state index is -0.0109. The van der Waals surface area contributed by atoms with Gasteiger partial charge in [-0.2, -0.15) is 0 Å². The minimum Gasteiger partial charge on any atom is -0.457 e. The van der Waals surface area contributed by atoms with E-state index in [1.165, 1.54) is 44.4 Å². The van der Waals surface area contributed by atoms with Gasteiger partial charge >= 0.3 is 6.85 Å². The van der Waals surface area contributed by atoms with E-state index in [4.69, 9.17) is 9.72 Å². The Balaban J connectivity index is 0.989. The van der Waals surface area contributed by atoms with Gasteiger partial charge in [0.15, 0.2) is 0 Å². The molecular formula is C58H52BN5O. The molecule has 7 heteroatoms. The summed E-state index contributed by atoms with van der Waals surface area (Å²) in [5.74, 6) is 4.74. The predicted molar refractivity (Wildman–Crippen MR) is 272 cm³/mol. The Kier molecular flexibility index (Phi) is 9.69. The number of anilines is 3. The van der Waals surface area contributed by atoms with Crippen molar-refractivity contribution in [2.24, 2.45) is 0 Å². The van der Waals surface area contributed by atoms with E-state index in [1.807, 2.05) is 12.3 Å². The number of para-hydroxylation sites is 3. The van der Waals surface area contributed by atoms with Crippen molar-refractivity contribution in [3.63, 3.8) is 0 Å². The van der Waals surface area contributed by atoms with Crippen molar-refractivity contribution in [1.29, 1.82) is 0 Å². The summed E-state index contributed by atoms with van der Waals surface area (Å²) in [5, 5.41) is 2.34. The van der Waals surface area contributed by atoms with Gasteiger partial charge in [-0.25, -0.2) is 4.98 Å². The first-order valence-corrected chi connectivity index (χ1v) is 22.7. The number of hydrogen-bond acceptors (Lipinski definition) is 5. The average Bonchev–Trinajstić information content (AvgIpc) is 3.87. The second-order valence-electron chi connectivity index (χ2n) is 19.4. The molecule has 6 nitrogen and oxygen atoms in total. The lowest BCUT2D eigenvalue weighted by molar-refractivity contribution is 0.483. The Bertz CT molecular complexity index is 3250. The molecule has 0 fully saturated rings. The summed E-state index contributed by atoms with van der Waals surface area (Å²) in [5.41, 5.74) is 14.2. The first-order chi connectivity index (χ1) is 31.5. The maximum atomic E-state index is 6.81. The van der Waals surface area contributed by atoms with Gasteiger partial charge < -0.3 is 19.3 Å². The van der Waals surface area contributed by atoms with Crippen LogP contribution in [0, 0.1) is 0 Å². The SMILES string of the molecule is CC(C)(C)c1ccc(C2=CN3C=CC=CB3C(c3ccccc3)=C2N2CN(c3cccc(Oc4ccc5c6ccccc6n(-c6cc(C(C)(C)C)ccn6)c5c4)c3)c3ccccc32)cc1. The number of benzene rings is 6. The lowest BCUT2D eigenvalue weighted by atomic mass is 9.48. The number of aromatic nitrogens is 2. The van der Waals surface area contributed by atoms with E-state index in [0.29, 0.717) is 6.67 Å². The second kappa shape index (κ2) is 15.6. The summed E-state index contributed by atoms with van der Waals surface area (Å²) in [4.78, 5) is 12.2. The van der Waals surface area contributed by atoms with Gasteiger partial charge in [0, 0.05) is 52.3 Å². The first kappa shape index (κ1) is 40.3. The Labute approximate surface area is 382 Å². The highest BCUT2D eigenvalue weighted by Crippen LogP contribution is 2.49. The van der Waals surface area contributed by atoms with Gasteiger partial charge in [-0.15, -0.1) is 0 Å². The zero-order valence-electron chi connectivity index (χ0n) is 37.9. The summed E-state index contributed by atoms with van der Waals surface area (Å²) in [7, 11) is 0. The average molecular weight is 846 g/mol. The largest absolute Gasteiger partial charge is 0.457 e. The predicted octanol–water partition coefficient (Wildman–Crippen LogP) is 14.4. The highest BCUT2D eigenvalue weighted by Gasteiger charge is 2.39. The van der Waals surface area contributed by atoms with Crippen molar-refractivity contribution >= 4 is 56.8 Å². The molecule has 0 aliphatic carbocycles. The fourth-order valence-corrected chi connectivity index (χ4v) is 9.70. The van der Waals surface area contributed by atoms with E-state index >= 15 is 0 Å². The molecular weight excluding hydrogens is 793 g/mol. The molecule has 0 atom stereocenters. The molecule has 0 N–H and O–H groups in total. The van der Waals surface area contributed by atoms with Crippen molar-refractivity contribution in [1.82, 2.24) is 14.4 Å². The van der Waals surface area contributed by atoms with Gasteiger partial charge in [0.1, 0.15) is 24.0 Å². The quantitative estimate of drug-likeness (QED) is 0.149. The summed E-state index contributed by atoms with van der Waals surface area (Å²) in [6.07, 6.45) is 10.8. The zero-order valence-corrected chi connectivity index (χ0v) is 37.9. The first-order valence-electron chi connectivity index (χ1n) is 22.7. The van der Waals surface area contributed by atoms with Crippen LogP contribution in [0.4, 0.5) is 17.1 Å². The Morgan fingerprint density at radius 2 is 1.28 bits per heavy atom. The number of ether oxygens (including phenoxy) is 1. The highest BCUT2D eigenvalue weighted by atomic mass is 16.5. The third-order valence-corrected chi connectivity index (χ3v) is 13.1. The maximum absolute atomic E-state index is 6.81. The standard InChI is InChI=1S/C58H52BN5O/c1-57(2,3)42-27-25-40(26-28-42)49-38-61-34-15-14-32-59(61)55(41-17-8-7-9-18-41)56(49)63-39-62(51-23-12-13-24-52(51)63)44-19-16-20-45(36-44)65-46-29-30-48-47-21-10-11-22-50(47)64(53(48)37-46)54-35-43(31-33-60-54)58(4,5)6/h7-38H,39H2,1-6H3. The number of fused-ring (bicyclic) bond motifs is 5. The van der Waals surface area contributed by atoms with Gasteiger partial charge in [-0.3, -0.25) is 4.57 Å². The summed E-state index contributed by atoms with van der Waals surface area (Å²) in [6, 6.07) is 56.7. The van der Waals surface area contributed by atoms with Crippen LogP contribution in [0.2, 0.25) is 0 Å². The molecule has 3 aliphatic heterocycles. The van der Waals surface area contributed by atoms with Crippen LogP contribution in [0.25, 0.3) is 38.7 Å². The van der Waals surface area contributed by atoms with Crippen LogP contribution < -0.4 is 14.5 Å². The fraction of sp³-hybridized carbons (Fsp3) is 0.155. The van der Waals surface area contributed by atoms with Crippen molar-refractivity contribution in [3.8, 4) is 17.3 Å². The van der Waals surface area contributed by atoms with Crippen LogP contribution in [0.3, 0.4) is 0 Å². The number of allylic oxidation sites excluding steroid dienone is 3. The number of pyridine rings is 1. The van der Waals surface area contributed by atoms with Gasteiger partial charge in [0.05, 0.1) is 22.4 Å². The monoisotopic (exact) mass is 845 g/mol. The molecule has 318 valence electrons. The number of rotatable bonds is 7. The van der Waals surface area contributed by atoms with Gasteiger partial charge in [-0.1, -0.05) is 145 Å². The molecule has 0 amide bonds. The van der Waals surface area contributed by atoms with Crippen molar-refractivity contribution in [3.05, 3.63) is 222 Å². The van der Waals surface area contributed by atoms with Gasteiger partial charge in [0.25, 0.3) is 0 Å². The van der Waals surface area contributed by atoms with E-state index in [9.17, 15) is 0 Å². The van der Waals surface area contributed by atoms with Gasteiger partial charge in [-0.05, 0) is 105 Å². The summed E-state index contributed by atoms with van der Waals surface area (Å²) in [6.45, 7) is 14.2.